The van der Waals surface area contributed by atoms with E-state index >= 15 is 0 Å². The fraction of sp³-hybridized carbons (Fsp3) is 0.400. The lowest BCUT2D eigenvalue weighted by atomic mass is 10.2. The van der Waals surface area contributed by atoms with Crippen molar-refractivity contribution in [3.8, 4) is 0 Å². The maximum absolute atomic E-state index is 11.9. The molecule has 2 unspecified atom stereocenters. The van der Waals surface area contributed by atoms with Gasteiger partial charge in [0.2, 0.25) is 5.95 Å². The maximum Gasteiger partial charge on any atom is 0.488 e. The number of nitrogens with two attached hydrogens (primary N) is 1. The van der Waals surface area contributed by atoms with Crippen molar-refractivity contribution in [3.05, 3.63) is 22.2 Å². The fourth-order valence-electron chi connectivity index (χ4n) is 2.58. The number of H-pyrrole nitrogens is 1. The SMILES string of the molecule is Nc1nc2c(nnn2[C@@H]2O[C@H](/C=C/P(=O)(O)OP(=O)(O)OP(=O)(O)O)C[C@H]2O)c(=O)[nH]1. The van der Waals surface area contributed by atoms with Crippen LogP contribution in [0.4, 0.5) is 5.95 Å². The van der Waals surface area contributed by atoms with Crippen LogP contribution in [0.3, 0.4) is 0 Å². The van der Waals surface area contributed by atoms with Crippen LogP contribution in [0.25, 0.3) is 11.2 Å². The molecule has 2 aromatic heterocycles. The van der Waals surface area contributed by atoms with Gasteiger partial charge in [0.15, 0.2) is 17.4 Å². The van der Waals surface area contributed by atoms with Gasteiger partial charge in [0.25, 0.3) is 5.56 Å². The highest BCUT2D eigenvalue weighted by molar-refractivity contribution is 7.69. The van der Waals surface area contributed by atoms with E-state index in [-0.39, 0.29) is 23.5 Å². The van der Waals surface area contributed by atoms with Crippen molar-refractivity contribution in [3.63, 3.8) is 0 Å². The van der Waals surface area contributed by atoms with E-state index in [9.17, 15) is 28.5 Å². The third-order valence-electron chi connectivity index (χ3n) is 3.63. The number of nitrogens with one attached hydrogen (secondary N) is 1. The topological polar surface area (TPSA) is 283 Å². The second-order valence-electron chi connectivity index (χ2n) is 6.05. The molecule has 0 saturated carbocycles. The summed E-state index contributed by atoms with van der Waals surface area (Å²) in [6.45, 7) is 0. The van der Waals surface area contributed by atoms with E-state index in [1.54, 1.807) is 0 Å². The largest absolute Gasteiger partial charge is 0.488 e. The number of ether oxygens (including phenoxy) is 1. The number of aliphatic hydroxyl groups excluding tert-OH is 1. The number of rotatable bonds is 7. The van der Waals surface area contributed by atoms with Crippen molar-refractivity contribution in [2.45, 2.75) is 24.9 Å². The Morgan fingerprint density at radius 1 is 1.23 bits per heavy atom. The lowest BCUT2D eigenvalue weighted by Gasteiger charge is -2.15. The molecule has 1 saturated heterocycles. The zero-order chi connectivity index (χ0) is 23.2. The summed E-state index contributed by atoms with van der Waals surface area (Å²) >= 11 is 0. The summed E-state index contributed by atoms with van der Waals surface area (Å²) in [5.41, 5.74) is 4.52. The van der Waals surface area contributed by atoms with E-state index in [2.05, 4.69) is 28.9 Å². The standard InChI is InChI=1S/C10H15N6O12P3/c11-10-12-7-6(8(18)13-10)14-15-16(7)9-5(17)3-4(26-9)1-2-29(19,20)27-31(24,25)28-30(21,22)23/h1-2,4-5,9,17H,3H2,(H,19,20)(H,24,25)(H2,21,22,23)(H3,11,12,13,18)/b2-1+/t4-,5-,9-/m1/s1. The van der Waals surface area contributed by atoms with Crippen molar-refractivity contribution in [2.75, 3.05) is 5.73 Å². The first-order valence-electron chi connectivity index (χ1n) is 7.93. The summed E-state index contributed by atoms with van der Waals surface area (Å²) in [4.78, 5) is 53.6. The molecule has 0 aromatic carbocycles. The number of aliphatic hydroxyl groups is 1. The Balaban J connectivity index is 1.75. The van der Waals surface area contributed by atoms with E-state index in [4.69, 9.17) is 25.2 Å². The molecule has 1 aliphatic heterocycles. The quantitative estimate of drug-likeness (QED) is 0.215. The highest BCUT2D eigenvalue weighted by atomic mass is 31.3. The average molecular weight is 504 g/mol. The third kappa shape index (κ3) is 5.91. The zero-order valence-electron chi connectivity index (χ0n) is 14.9. The Hall–Kier alpha value is -1.81. The van der Waals surface area contributed by atoms with Crippen molar-refractivity contribution in [1.29, 1.82) is 0 Å². The zero-order valence-corrected chi connectivity index (χ0v) is 17.6. The second-order valence-corrected chi connectivity index (χ2v) is 10.7. The van der Waals surface area contributed by atoms with Crippen LogP contribution in [-0.4, -0.2) is 61.8 Å². The molecule has 172 valence electrons. The van der Waals surface area contributed by atoms with Crippen LogP contribution >= 0.6 is 23.2 Å². The minimum absolute atomic E-state index is 0.0955. The number of anilines is 1. The molecular formula is C10H15N6O12P3. The number of nitrogens with zero attached hydrogens (tertiary/aromatic N) is 4. The predicted molar refractivity (Wildman–Crippen MR) is 97.9 cm³/mol. The Kier molecular flexibility index (Phi) is 6.36. The van der Waals surface area contributed by atoms with Gasteiger partial charge in [-0.3, -0.25) is 14.3 Å². The first kappa shape index (κ1) is 23.8. The second kappa shape index (κ2) is 8.27. The Morgan fingerprint density at radius 2 is 1.90 bits per heavy atom. The molecule has 0 bridgehead atoms. The van der Waals surface area contributed by atoms with Crippen LogP contribution in [0.1, 0.15) is 12.6 Å². The number of nitrogen functional groups attached to an aromatic ring is 1. The van der Waals surface area contributed by atoms with Gasteiger partial charge in [-0.05, 0) is 6.08 Å². The van der Waals surface area contributed by atoms with Crippen LogP contribution in [0, 0.1) is 0 Å². The van der Waals surface area contributed by atoms with Crippen molar-refractivity contribution in [1.82, 2.24) is 25.0 Å². The monoisotopic (exact) mass is 504 g/mol. The van der Waals surface area contributed by atoms with Crippen molar-refractivity contribution < 1.29 is 51.7 Å². The van der Waals surface area contributed by atoms with E-state index in [1.807, 2.05) is 0 Å². The molecule has 5 atom stereocenters. The highest BCUT2D eigenvalue weighted by Gasteiger charge is 2.40. The summed E-state index contributed by atoms with van der Waals surface area (Å²) in [6.07, 6.45) is -2.79. The number of aromatic nitrogens is 5. The van der Waals surface area contributed by atoms with Gasteiger partial charge in [0.05, 0.1) is 6.10 Å². The van der Waals surface area contributed by atoms with Crippen LogP contribution < -0.4 is 11.3 Å². The lowest BCUT2D eigenvalue weighted by Crippen LogP contribution is -2.22. The van der Waals surface area contributed by atoms with Crippen LogP contribution in [0.5, 0.6) is 0 Å². The van der Waals surface area contributed by atoms with E-state index < -0.39 is 47.2 Å². The molecule has 2 aromatic rings. The highest BCUT2D eigenvalue weighted by Crippen LogP contribution is 2.66. The maximum atomic E-state index is 11.9. The number of hydrogen-bond acceptors (Lipinski definition) is 12. The fourth-order valence-corrected chi connectivity index (χ4v) is 5.85. The molecule has 0 radical (unpaired) electrons. The van der Waals surface area contributed by atoms with E-state index in [0.29, 0.717) is 5.82 Å². The summed E-state index contributed by atoms with van der Waals surface area (Å²) in [5, 5.41) is 17.5. The van der Waals surface area contributed by atoms with Gasteiger partial charge < -0.3 is 35.2 Å². The first-order valence-corrected chi connectivity index (χ1v) is 12.6. The van der Waals surface area contributed by atoms with Gasteiger partial charge in [0, 0.05) is 12.2 Å². The first-order chi connectivity index (χ1) is 14.2. The summed E-state index contributed by atoms with van der Waals surface area (Å²) in [5.74, 6) is 0.160. The molecule has 3 rings (SSSR count). The Labute approximate surface area is 170 Å². The van der Waals surface area contributed by atoms with E-state index in [0.717, 1.165) is 10.8 Å². The average Bonchev–Trinajstić information content (AvgIpc) is 3.12. The lowest BCUT2D eigenvalue weighted by molar-refractivity contribution is -0.0313. The van der Waals surface area contributed by atoms with Crippen molar-refractivity contribution in [2.24, 2.45) is 0 Å². The molecule has 18 nitrogen and oxygen atoms in total. The molecule has 8 N–H and O–H groups in total. The van der Waals surface area contributed by atoms with Gasteiger partial charge in [-0.25, -0.2) is 13.4 Å². The van der Waals surface area contributed by atoms with Gasteiger partial charge in [-0.15, -0.1) is 5.10 Å². The number of fused-ring (bicyclic) bond motifs is 1. The molecular weight excluding hydrogens is 489 g/mol. The molecule has 21 heteroatoms. The normalized spacial score (nSPS) is 26.3. The minimum atomic E-state index is -5.59. The Morgan fingerprint density at radius 3 is 2.55 bits per heavy atom. The smallest absolute Gasteiger partial charge is 0.388 e. The molecule has 31 heavy (non-hydrogen) atoms. The van der Waals surface area contributed by atoms with Gasteiger partial charge in [-0.2, -0.15) is 14.0 Å². The molecule has 0 amide bonds. The third-order valence-corrected chi connectivity index (χ3v) is 7.62. The van der Waals surface area contributed by atoms with Gasteiger partial charge >= 0.3 is 23.2 Å². The van der Waals surface area contributed by atoms with Crippen LogP contribution in [-0.2, 0) is 27.1 Å². The molecule has 1 fully saturated rings. The van der Waals surface area contributed by atoms with Gasteiger partial charge in [0.1, 0.15) is 6.10 Å². The summed E-state index contributed by atoms with van der Waals surface area (Å²) in [7, 11) is -16.1. The number of hydrogen-bond donors (Lipinski definition) is 7. The molecule has 3 heterocycles. The summed E-state index contributed by atoms with van der Waals surface area (Å²) in [6, 6.07) is 0. The molecule has 0 aliphatic carbocycles. The Bertz CT molecular complexity index is 1220. The number of phosphoric acid groups is 2. The van der Waals surface area contributed by atoms with Crippen molar-refractivity contribution >= 4 is 40.4 Å². The number of aromatic amines is 1. The van der Waals surface area contributed by atoms with E-state index in [1.165, 1.54) is 0 Å². The predicted octanol–water partition coefficient (Wildman–Crippen LogP) is -1.33. The molecule has 0 spiro atoms. The molecule has 1 aliphatic rings. The van der Waals surface area contributed by atoms with Gasteiger partial charge in [-0.1, -0.05) is 5.21 Å². The van der Waals surface area contributed by atoms with Crippen LogP contribution in [0.15, 0.2) is 16.7 Å². The minimum Gasteiger partial charge on any atom is -0.388 e. The summed E-state index contributed by atoms with van der Waals surface area (Å²) < 4.78 is 47.6. The van der Waals surface area contributed by atoms with Crippen LogP contribution in [0.2, 0.25) is 0 Å².